The smallest absolute Gasteiger partial charge is 0.132 e. The van der Waals surface area contributed by atoms with Crippen molar-refractivity contribution < 1.29 is 0 Å². The molecule has 0 atom stereocenters. The van der Waals surface area contributed by atoms with Gasteiger partial charge in [-0.05, 0) is 6.92 Å². The monoisotopic (exact) mass is 278 g/mol. The molecule has 1 saturated heterocycles. The Morgan fingerprint density at radius 3 is 2.47 bits per heavy atom. The first-order chi connectivity index (χ1) is 7.29. The topological polar surface area (TPSA) is 41.1 Å². The van der Waals surface area contributed by atoms with Crippen LogP contribution in [0.25, 0.3) is 0 Å². The van der Waals surface area contributed by atoms with Crippen molar-refractivity contribution in [2.45, 2.75) is 20.3 Å². The van der Waals surface area contributed by atoms with E-state index in [1.165, 1.54) is 0 Å². The van der Waals surface area contributed by atoms with E-state index in [9.17, 15) is 0 Å². The van der Waals surface area contributed by atoms with Gasteiger partial charge in [0.25, 0.3) is 0 Å². The lowest BCUT2D eigenvalue weighted by Crippen LogP contribution is -2.44. The number of hydrogen-bond acceptors (Lipinski definition) is 4. The van der Waals surface area contributed by atoms with E-state index >= 15 is 0 Å². The molecule has 1 fully saturated rings. The summed E-state index contributed by atoms with van der Waals surface area (Å²) in [5, 5.41) is 3.34. The molecule has 6 heteroatoms. The summed E-state index contributed by atoms with van der Waals surface area (Å²) in [6.07, 6.45) is 0.904. The van der Waals surface area contributed by atoms with Gasteiger partial charge in [-0.25, -0.2) is 9.97 Å². The van der Waals surface area contributed by atoms with Crippen LogP contribution < -0.4 is 10.2 Å². The molecule has 1 N–H and O–H groups in total. The summed E-state index contributed by atoms with van der Waals surface area (Å²) in [6.45, 7) is 8.30. The van der Waals surface area contributed by atoms with Gasteiger partial charge in [-0.3, -0.25) is 0 Å². The lowest BCUT2D eigenvalue weighted by Gasteiger charge is -2.28. The van der Waals surface area contributed by atoms with Crippen LogP contribution in [0.5, 0.6) is 0 Å². The molecule has 0 unspecified atom stereocenters. The van der Waals surface area contributed by atoms with Crippen LogP contribution in [-0.2, 0) is 6.42 Å². The van der Waals surface area contributed by atoms with E-state index in [2.05, 4.69) is 33.2 Å². The second kappa shape index (κ2) is 7.69. The number of rotatable bonds is 2. The van der Waals surface area contributed by atoms with Crippen molar-refractivity contribution in [3.63, 3.8) is 0 Å². The number of aromatic nitrogens is 2. The molecule has 0 aromatic carbocycles. The number of nitrogens with one attached hydrogen (secondary N) is 1. The molecule has 0 saturated carbocycles. The zero-order valence-electron chi connectivity index (χ0n) is 10.3. The lowest BCUT2D eigenvalue weighted by molar-refractivity contribution is 0.583. The first kappa shape index (κ1) is 16.4. The second-order valence-corrected chi connectivity index (χ2v) is 3.87. The van der Waals surface area contributed by atoms with Crippen LogP contribution in [0.2, 0.25) is 0 Å². The van der Waals surface area contributed by atoms with E-state index in [1.807, 2.05) is 6.92 Å². The van der Waals surface area contributed by atoms with Gasteiger partial charge < -0.3 is 10.2 Å². The minimum atomic E-state index is 0. The van der Waals surface area contributed by atoms with Crippen molar-refractivity contribution >= 4 is 30.6 Å². The van der Waals surface area contributed by atoms with Crippen molar-refractivity contribution in [3.8, 4) is 0 Å². The maximum absolute atomic E-state index is 4.56. The summed E-state index contributed by atoms with van der Waals surface area (Å²) >= 11 is 0. The summed E-state index contributed by atoms with van der Waals surface area (Å²) in [6, 6.07) is 2.07. The molecule has 0 bridgehead atoms. The number of aryl methyl sites for hydroxylation is 2. The van der Waals surface area contributed by atoms with Crippen LogP contribution in [0.3, 0.4) is 0 Å². The van der Waals surface area contributed by atoms with Crippen molar-refractivity contribution in [2.24, 2.45) is 0 Å². The molecule has 2 heterocycles. The Labute approximate surface area is 115 Å². The highest BCUT2D eigenvalue weighted by Gasteiger charge is 2.12. The Hall–Kier alpha value is -0.580. The fraction of sp³-hybridized carbons (Fsp3) is 0.636. The summed E-state index contributed by atoms with van der Waals surface area (Å²) in [5.74, 6) is 2.03. The highest BCUT2D eigenvalue weighted by atomic mass is 35.5. The normalized spacial score (nSPS) is 14.8. The Kier molecular flexibility index (Phi) is 7.43. The van der Waals surface area contributed by atoms with Gasteiger partial charge >= 0.3 is 0 Å². The van der Waals surface area contributed by atoms with E-state index in [4.69, 9.17) is 0 Å². The average Bonchev–Trinajstić information content (AvgIpc) is 2.29. The van der Waals surface area contributed by atoms with Crippen molar-refractivity contribution in [2.75, 3.05) is 31.1 Å². The zero-order chi connectivity index (χ0) is 10.7. The van der Waals surface area contributed by atoms with E-state index < -0.39 is 0 Å². The molecule has 17 heavy (non-hydrogen) atoms. The molecule has 1 aliphatic rings. The number of halogens is 2. The highest BCUT2D eigenvalue weighted by molar-refractivity contribution is 5.85. The van der Waals surface area contributed by atoms with Crippen LogP contribution >= 0.6 is 24.8 Å². The maximum atomic E-state index is 4.56. The largest absolute Gasteiger partial charge is 0.354 e. The molecule has 98 valence electrons. The third-order valence-electron chi connectivity index (χ3n) is 2.64. The molecule has 0 radical (unpaired) electrons. The minimum Gasteiger partial charge on any atom is -0.354 e. The highest BCUT2D eigenvalue weighted by Crippen LogP contribution is 2.13. The van der Waals surface area contributed by atoms with Crippen LogP contribution in [0.1, 0.15) is 18.4 Å². The van der Waals surface area contributed by atoms with E-state index in [0.29, 0.717) is 0 Å². The Bertz CT molecular complexity index is 340. The Morgan fingerprint density at radius 1 is 1.24 bits per heavy atom. The number of piperazine rings is 1. The van der Waals surface area contributed by atoms with Crippen LogP contribution in [0.15, 0.2) is 6.07 Å². The first-order valence-electron chi connectivity index (χ1n) is 5.60. The summed E-state index contributed by atoms with van der Waals surface area (Å²) in [4.78, 5) is 11.3. The van der Waals surface area contributed by atoms with Crippen LogP contribution in [0, 0.1) is 6.92 Å². The standard InChI is InChI=1S/C11H18N4.2ClH/c1-3-10-13-9(2)8-11(14-10)15-6-4-12-5-7-15;;/h8,12H,3-7H2,1-2H3;2*1H. The fourth-order valence-electron chi connectivity index (χ4n) is 1.83. The third kappa shape index (κ3) is 4.30. The van der Waals surface area contributed by atoms with Gasteiger partial charge in [-0.15, -0.1) is 24.8 Å². The first-order valence-corrected chi connectivity index (χ1v) is 5.60. The third-order valence-corrected chi connectivity index (χ3v) is 2.64. The maximum Gasteiger partial charge on any atom is 0.132 e. The molecule has 4 nitrogen and oxygen atoms in total. The van der Waals surface area contributed by atoms with Crippen molar-refractivity contribution in [1.29, 1.82) is 0 Å². The SMILES string of the molecule is CCc1nc(C)cc(N2CCNCC2)n1.Cl.Cl. The average molecular weight is 279 g/mol. The molecule has 1 aromatic heterocycles. The molecule has 0 aliphatic carbocycles. The number of anilines is 1. The molecule has 0 amide bonds. The van der Waals surface area contributed by atoms with Gasteiger partial charge in [0, 0.05) is 44.4 Å². The minimum absolute atomic E-state index is 0. The molecule has 1 aliphatic heterocycles. The van der Waals surface area contributed by atoms with Crippen LogP contribution in [0.4, 0.5) is 5.82 Å². The van der Waals surface area contributed by atoms with Gasteiger partial charge in [-0.1, -0.05) is 6.92 Å². The predicted octanol–water partition coefficient (Wildman–Crippen LogP) is 1.60. The summed E-state index contributed by atoms with van der Waals surface area (Å²) in [7, 11) is 0. The molecule has 1 aromatic rings. The molecular formula is C11H20Cl2N4. The van der Waals surface area contributed by atoms with E-state index in [0.717, 1.165) is 49.9 Å². The van der Waals surface area contributed by atoms with Crippen molar-refractivity contribution in [3.05, 3.63) is 17.6 Å². The van der Waals surface area contributed by atoms with Crippen LogP contribution in [-0.4, -0.2) is 36.1 Å². The summed E-state index contributed by atoms with van der Waals surface area (Å²) in [5.41, 5.74) is 1.07. The zero-order valence-corrected chi connectivity index (χ0v) is 11.9. The van der Waals surface area contributed by atoms with E-state index in [-0.39, 0.29) is 24.8 Å². The fourth-order valence-corrected chi connectivity index (χ4v) is 1.83. The lowest BCUT2D eigenvalue weighted by atomic mass is 10.3. The predicted molar refractivity (Wildman–Crippen MR) is 75.7 cm³/mol. The summed E-state index contributed by atoms with van der Waals surface area (Å²) < 4.78 is 0. The van der Waals surface area contributed by atoms with E-state index in [1.54, 1.807) is 0 Å². The van der Waals surface area contributed by atoms with Gasteiger partial charge in [0.1, 0.15) is 11.6 Å². The molecule has 2 rings (SSSR count). The quantitative estimate of drug-likeness (QED) is 0.893. The molecule has 0 spiro atoms. The molecular weight excluding hydrogens is 259 g/mol. The second-order valence-electron chi connectivity index (χ2n) is 3.87. The number of nitrogens with zero attached hydrogens (tertiary/aromatic N) is 3. The van der Waals surface area contributed by atoms with Crippen molar-refractivity contribution in [1.82, 2.24) is 15.3 Å². The van der Waals surface area contributed by atoms with Gasteiger partial charge in [0.15, 0.2) is 0 Å². The Balaban J connectivity index is 0.00000128. The van der Waals surface area contributed by atoms with Gasteiger partial charge in [0.2, 0.25) is 0 Å². The Morgan fingerprint density at radius 2 is 1.88 bits per heavy atom. The van der Waals surface area contributed by atoms with Gasteiger partial charge in [0.05, 0.1) is 0 Å². The number of hydrogen-bond donors (Lipinski definition) is 1. The van der Waals surface area contributed by atoms with Gasteiger partial charge in [-0.2, -0.15) is 0 Å².